The highest BCUT2D eigenvalue weighted by Gasteiger charge is 2.75. The largest absolute Gasteiger partial charge is 0.462 e. The monoisotopic (exact) mass is 640 g/mol. The molecule has 0 aromatic rings. The second-order valence-corrected chi connectivity index (χ2v) is 15.6. The van der Waals surface area contributed by atoms with E-state index in [0.717, 1.165) is 5.57 Å². The molecule has 2 saturated carbocycles. The highest BCUT2D eigenvalue weighted by atomic mass is 16.6. The lowest BCUT2D eigenvalue weighted by Crippen LogP contribution is -2.64. The van der Waals surface area contributed by atoms with Gasteiger partial charge in [-0.15, -0.1) is 0 Å². The number of ether oxygens (including phenoxy) is 3. The molecule has 1 N–H and O–H groups in total. The van der Waals surface area contributed by atoms with Crippen LogP contribution in [0.15, 0.2) is 35.6 Å². The Morgan fingerprint density at radius 3 is 2.09 bits per heavy atom. The zero-order chi connectivity index (χ0) is 35.0. The molecule has 0 aromatic heterocycles. The molecule has 0 bridgehead atoms. The molecule has 0 amide bonds. The second-order valence-electron chi connectivity index (χ2n) is 15.6. The summed E-state index contributed by atoms with van der Waals surface area (Å²) in [6, 6.07) is 0. The summed E-state index contributed by atoms with van der Waals surface area (Å²) in [7, 11) is 0. The minimum atomic E-state index is -2.07. The molecular weight excluding hydrogens is 592 g/mol. The molecule has 252 valence electrons. The van der Waals surface area contributed by atoms with E-state index in [1.54, 1.807) is 33.8 Å². The molecule has 0 saturated heterocycles. The van der Waals surface area contributed by atoms with Crippen LogP contribution >= 0.6 is 0 Å². The van der Waals surface area contributed by atoms with E-state index < -0.39 is 74.5 Å². The molecule has 4 rings (SSSR count). The van der Waals surface area contributed by atoms with Gasteiger partial charge in [0, 0.05) is 44.4 Å². The fraction of sp³-hybridized carbons (Fsp3) is 0.667. The van der Waals surface area contributed by atoms with E-state index in [-0.39, 0.29) is 36.1 Å². The number of aliphatic hydroxyl groups is 1. The Kier molecular flexibility index (Phi) is 8.55. The molecule has 0 aliphatic heterocycles. The van der Waals surface area contributed by atoms with E-state index in [1.807, 2.05) is 26.8 Å². The molecule has 8 atom stereocenters. The molecular formula is C36H48O10. The van der Waals surface area contributed by atoms with Gasteiger partial charge in [0.25, 0.3) is 0 Å². The fourth-order valence-corrected chi connectivity index (χ4v) is 9.47. The van der Waals surface area contributed by atoms with Crippen molar-refractivity contribution in [1.82, 2.24) is 0 Å². The average Bonchev–Trinajstić information content (AvgIpc) is 3.11. The maximum Gasteiger partial charge on any atom is 0.308 e. The lowest BCUT2D eigenvalue weighted by molar-refractivity contribution is -0.181. The fourth-order valence-electron chi connectivity index (χ4n) is 9.47. The highest BCUT2D eigenvalue weighted by Crippen LogP contribution is 2.74. The van der Waals surface area contributed by atoms with E-state index in [0.29, 0.717) is 6.42 Å². The molecule has 0 unspecified atom stereocenters. The Hall–Kier alpha value is -3.40. The molecule has 0 heterocycles. The molecule has 46 heavy (non-hydrogen) atoms. The summed E-state index contributed by atoms with van der Waals surface area (Å²) < 4.78 is 16.5. The number of hydrogen-bond acceptors (Lipinski definition) is 10. The summed E-state index contributed by atoms with van der Waals surface area (Å²) in [6.45, 7) is 17.7. The smallest absolute Gasteiger partial charge is 0.308 e. The third-order valence-electron chi connectivity index (χ3n) is 11.7. The van der Waals surface area contributed by atoms with Crippen molar-refractivity contribution in [1.29, 1.82) is 0 Å². The van der Waals surface area contributed by atoms with Crippen LogP contribution in [-0.4, -0.2) is 57.7 Å². The number of esters is 3. The standard InChI is InChI=1S/C36H48O10/c1-19(37)44-24-16-23-22(32(6,7)30(24)42)12-13-26-33(8)17-25(45-20(2)38)29(34(33,9)18-28(41)35(23,26)10)36(11,43)27(40)14-15-31(4,5)46-21(3)39/h12,14-16,23,25-26,29,43H,13,17-18H2,1-11H3/b15-14+/t23-,25-,26+,29+,33+,34-,35+,36+/m1/s1. The summed E-state index contributed by atoms with van der Waals surface area (Å²) >= 11 is 0. The van der Waals surface area contributed by atoms with Crippen molar-refractivity contribution in [2.45, 2.75) is 113 Å². The second kappa shape index (κ2) is 11.1. The van der Waals surface area contributed by atoms with Crippen LogP contribution < -0.4 is 0 Å². The lowest BCUT2D eigenvalue weighted by Gasteiger charge is -2.63. The van der Waals surface area contributed by atoms with E-state index in [2.05, 4.69) is 0 Å². The number of allylic oxidation sites excluding steroid dienone is 4. The summed E-state index contributed by atoms with van der Waals surface area (Å²) in [5, 5.41) is 12.1. The summed E-state index contributed by atoms with van der Waals surface area (Å²) in [5.41, 5.74) is -6.16. The number of hydrogen-bond donors (Lipinski definition) is 1. The van der Waals surface area contributed by atoms with Crippen molar-refractivity contribution < 1.29 is 48.1 Å². The molecule has 0 spiro atoms. The van der Waals surface area contributed by atoms with E-state index in [4.69, 9.17) is 14.2 Å². The molecule has 4 aliphatic rings. The quantitative estimate of drug-likeness (QED) is 0.178. The first-order valence-electron chi connectivity index (χ1n) is 15.9. The van der Waals surface area contributed by atoms with Crippen molar-refractivity contribution in [3.05, 3.63) is 35.6 Å². The Morgan fingerprint density at radius 1 is 0.935 bits per heavy atom. The predicted molar refractivity (Wildman–Crippen MR) is 167 cm³/mol. The molecule has 10 nitrogen and oxygen atoms in total. The van der Waals surface area contributed by atoms with Gasteiger partial charge in [0.2, 0.25) is 5.78 Å². The van der Waals surface area contributed by atoms with Gasteiger partial charge in [0.15, 0.2) is 11.5 Å². The maximum absolute atomic E-state index is 14.7. The van der Waals surface area contributed by atoms with E-state index in [1.165, 1.54) is 39.8 Å². The zero-order valence-electron chi connectivity index (χ0n) is 28.9. The van der Waals surface area contributed by atoms with Gasteiger partial charge >= 0.3 is 17.9 Å². The average molecular weight is 641 g/mol. The number of ketones is 3. The highest BCUT2D eigenvalue weighted by molar-refractivity contribution is 6.03. The topological polar surface area (TPSA) is 150 Å². The number of carbonyl (C=O) groups is 6. The van der Waals surface area contributed by atoms with E-state index >= 15 is 0 Å². The number of rotatable bonds is 7. The van der Waals surface area contributed by atoms with Gasteiger partial charge in [0.05, 0.1) is 5.41 Å². The number of carbonyl (C=O) groups excluding carboxylic acids is 6. The van der Waals surface area contributed by atoms with Gasteiger partial charge in [-0.2, -0.15) is 0 Å². The normalized spacial score (nSPS) is 36.3. The van der Waals surface area contributed by atoms with Crippen molar-refractivity contribution in [3.8, 4) is 0 Å². The van der Waals surface area contributed by atoms with Gasteiger partial charge in [-0.25, -0.2) is 0 Å². The Balaban J connectivity index is 1.85. The summed E-state index contributed by atoms with van der Waals surface area (Å²) in [4.78, 5) is 77.8. The van der Waals surface area contributed by atoms with Gasteiger partial charge in [-0.1, -0.05) is 32.4 Å². The number of fused-ring (bicyclic) bond motifs is 5. The first kappa shape index (κ1) is 35.5. The predicted octanol–water partition coefficient (Wildman–Crippen LogP) is 4.77. The maximum atomic E-state index is 14.7. The third-order valence-corrected chi connectivity index (χ3v) is 11.7. The minimum Gasteiger partial charge on any atom is -0.462 e. The number of Topliss-reactive ketones (excluding diaryl/α,β-unsaturated/α-hetero) is 2. The van der Waals surface area contributed by atoms with Crippen LogP contribution in [0.2, 0.25) is 0 Å². The first-order chi connectivity index (χ1) is 20.9. The van der Waals surface area contributed by atoms with Crippen LogP contribution in [0.1, 0.15) is 95.4 Å². The van der Waals surface area contributed by atoms with Gasteiger partial charge in [-0.05, 0) is 82.4 Å². The molecule has 0 radical (unpaired) electrons. The Bertz CT molecular complexity index is 1490. The third kappa shape index (κ3) is 5.30. The Morgan fingerprint density at radius 2 is 1.54 bits per heavy atom. The van der Waals surface area contributed by atoms with Crippen LogP contribution in [0, 0.1) is 39.4 Å². The summed E-state index contributed by atoms with van der Waals surface area (Å²) in [5.74, 6) is -4.77. The van der Waals surface area contributed by atoms with Crippen molar-refractivity contribution in [2.24, 2.45) is 39.4 Å². The molecule has 4 aliphatic carbocycles. The van der Waals surface area contributed by atoms with Gasteiger partial charge < -0.3 is 19.3 Å². The lowest BCUT2D eigenvalue weighted by atomic mass is 9.39. The van der Waals surface area contributed by atoms with Crippen molar-refractivity contribution >= 4 is 35.3 Å². The minimum absolute atomic E-state index is 0.0279. The molecule has 0 aromatic carbocycles. The molecule has 2 fully saturated rings. The van der Waals surface area contributed by atoms with E-state index in [9.17, 15) is 33.9 Å². The Labute approximate surface area is 271 Å². The van der Waals surface area contributed by atoms with Crippen LogP contribution in [0.3, 0.4) is 0 Å². The van der Waals surface area contributed by atoms with Crippen molar-refractivity contribution in [3.63, 3.8) is 0 Å². The van der Waals surface area contributed by atoms with Gasteiger partial charge in [0.1, 0.15) is 23.1 Å². The SMILES string of the molecule is CC(=O)OC1=C[C@@H]2C(=CC[C@@H]3[C@@]2(C)C(=O)C[C@]2(C)[C@@H]([C@@](C)(O)C(=O)/C=C/C(C)(C)OC(C)=O)[C@H](OC(C)=O)C[C@@]32C)C(C)(C)C1=O. The van der Waals surface area contributed by atoms with Crippen molar-refractivity contribution in [2.75, 3.05) is 0 Å². The van der Waals surface area contributed by atoms with Gasteiger partial charge in [-0.3, -0.25) is 28.8 Å². The zero-order valence-corrected chi connectivity index (χ0v) is 28.9. The summed E-state index contributed by atoms with van der Waals surface area (Å²) in [6.07, 6.45) is 6.02. The van der Waals surface area contributed by atoms with Crippen LogP contribution in [0.5, 0.6) is 0 Å². The molecule has 10 heteroatoms. The van der Waals surface area contributed by atoms with Crippen LogP contribution in [0.4, 0.5) is 0 Å². The van der Waals surface area contributed by atoms with Crippen LogP contribution in [0.25, 0.3) is 0 Å². The first-order valence-corrected chi connectivity index (χ1v) is 15.9. The van der Waals surface area contributed by atoms with Crippen LogP contribution in [-0.2, 0) is 43.0 Å².